The lowest BCUT2D eigenvalue weighted by Crippen LogP contribution is -2.64. The van der Waals surface area contributed by atoms with Crippen LogP contribution in [0.15, 0.2) is 12.2 Å². The van der Waals surface area contributed by atoms with E-state index in [0.29, 0.717) is 6.42 Å². The van der Waals surface area contributed by atoms with E-state index in [-0.39, 0.29) is 50.0 Å². The summed E-state index contributed by atoms with van der Waals surface area (Å²) in [4.78, 5) is 170. The van der Waals surface area contributed by atoms with E-state index < -0.39 is 161 Å². The molecule has 0 spiro atoms. The van der Waals surface area contributed by atoms with Gasteiger partial charge in [0.25, 0.3) is 0 Å². The first-order chi connectivity index (χ1) is 40.2. The van der Waals surface area contributed by atoms with Crippen molar-refractivity contribution < 1.29 is 62.6 Å². The fourth-order valence-corrected chi connectivity index (χ4v) is 11.2. The highest BCUT2D eigenvalue weighted by Crippen LogP contribution is 2.26. The second-order valence-electron chi connectivity index (χ2n) is 26.2. The average molecular weight is 1230 g/mol. The second kappa shape index (κ2) is 35.7. The van der Waals surface area contributed by atoms with Crippen LogP contribution < -0.4 is 21.3 Å². The van der Waals surface area contributed by atoms with E-state index in [1.54, 1.807) is 67.5 Å². The van der Waals surface area contributed by atoms with Crippen molar-refractivity contribution in [3.8, 4) is 0 Å². The minimum Gasteiger partial charge on any atom is -0.390 e. The number of rotatable bonds is 16. The van der Waals surface area contributed by atoms with Crippen molar-refractivity contribution in [1.29, 1.82) is 0 Å². The van der Waals surface area contributed by atoms with Gasteiger partial charge in [-0.15, -0.1) is 0 Å². The third-order valence-electron chi connectivity index (χ3n) is 16.8. The lowest BCUT2D eigenvalue weighted by molar-refractivity contribution is -0.157. The first-order valence-electron chi connectivity index (χ1n) is 31.1. The maximum atomic E-state index is 15.2. The molecule has 24 heteroatoms. The van der Waals surface area contributed by atoms with Gasteiger partial charge in [-0.2, -0.15) is 0 Å². The van der Waals surface area contributed by atoms with Gasteiger partial charge in [-0.1, -0.05) is 102 Å². The SMILES string of the molecule is C/C=C/C[C@@H](C)[C@@H](O)[C@H]1C(=O)N[C@@H](CC)C(=O)N(C)[C@H](C)C(=O)N(C)[C@@H]([C@H](C)COC)C(=O)N[C@@H](C(C)C)C(=O)N(C)[C@@H](CC(C)C)C(=O)N[C@@H](C)C(=O)N[C@H](C)C(=O)N(C)[C@@H](CC(C)C)C(=O)N(C)[C@@H](CC(C)C)C(=O)N(C)[C@@H](C(C)C)C(=O)N1C. The number of carbonyl (C=O) groups excluding carboxylic acids is 11. The molecule has 1 aliphatic rings. The Bertz CT molecular complexity index is 2380. The lowest BCUT2D eigenvalue weighted by Gasteiger charge is -2.41. The number of aliphatic hydroxyl groups is 1. The molecule has 87 heavy (non-hydrogen) atoms. The van der Waals surface area contributed by atoms with Gasteiger partial charge in [0, 0.05) is 62.4 Å². The standard InChI is InChI=1S/C63H113N11O13/c1-26-28-29-39(13)52(75)51-56(79)66-44(27-2)59(82)68(18)43(17)58(81)73(23)50(40(14)33-87-25)55(78)67-48(37(9)10)62(85)69(19)45(30-34(3)4)54(77)64-41(15)53(76)65-42(16)57(80)70(20)46(31-35(5)6)60(83)71(21)47(32-36(7)8)61(84)72(22)49(38(11)12)63(86)74(51)24/h26,28,34-52,75H,27,29-33H2,1-25H3,(H,64,77)(H,65,76)(H,66,79)(H,67,78)/b28-26+/t39-,40-,41+,42-,43-,44+,45+,46+,47+,48+,49+,50+,51+,52-/m1/s1. The minimum atomic E-state index is -1.63. The molecule has 24 nitrogen and oxygen atoms in total. The van der Waals surface area contributed by atoms with Crippen molar-refractivity contribution in [2.24, 2.45) is 41.4 Å². The first-order valence-corrected chi connectivity index (χ1v) is 31.1. The maximum absolute atomic E-state index is 15.2. The van der Waals surface area contributed by atoms with Crippen LogP contribution in [0.5, 0.6) is 0 Å². The molecule has 1 aliphatic heterocycles. The van der Waals surface area contributed by atoms with Crippen LogP contribution in [0.2, 0.25) is 0 Å². The number of allylic oxidation sites excluding steroid dienone is 2. The van der Waals surface area contributed by atoms with E-state index in [2.05, 4.69) is 21.3 Å². The van der Waals surface area contributed by atoms with Crippen LogP contribution in [0.25, 0.3) is 0 Å². The molecule has 1 saturated heterocycles. The second-order valence-corrected chi connectivity index (χ2v) is 26.2. The Morgan fingerprint density at radius 3 is 1.37 bits per heavy atom. The molecule has 0 aromatic heterocycles. The third kappa shape index (κ3) is 21.3. The van der Waals surface area contributed by atoms with E-state index in [1.807, 2.05) is 41.5 Å². The van der Waals surface area contributed by atoms with Crippen molar-refractivity contribution in [2.75, 3.05) is 63.1 Å². The van der Waals surface area contributed by atoms with Gasteiger partial charge in [0.05, 0.1) is 12.7 Å². The van der Waals surface area contributed by atoms with Crippen LogP contribution in [0.1, 0.15) is 150 Å². The fraction of sp³-hybridized carbons (Fsp3) is 0.794. The molecular weight excluding hydrogens is 1120 g/mol. The summed E-state index contributed by atoms with van der Waals surface area (Å²) in [5.74, 6) is -10.6. The summed E-state index contributed by atoms with van der Waals surface area (Å²) in [5.41, 5.74) is 0. The third-order valence-corrected chi connectivity index (χ3v) is 16.8. The molecule has 1 rings (SSSR count). The molecule has 11 amide bonds. The normalized spacial score (nSPS) is 27.7. The Morgan fingerprint density at radius 1 is 0.471 bits per heavy atom. The lowest BCUT2D eigenvalue weighted by atomic mass is 9.91. The molecular formula is C63H113N11O13. The summed E-state index contributed by atoms with van der Waals surface area (Å²) in [5, 5.41) is 23.1. The molecule has 0 aliphatic carbocycles. The van der Waals surface area contributed by atoms with Crippen LogP contribution in [-0.2, 0) is 57.5 Å². The molecule has 5 N–H and O–H groups in total. The number of hydrogen-bond acceptors (Lipinski definition) is 13. The number of likely N-dealkylation sites (N-methyl/N-ethyl adjacent to an activating group) is 7. The molecule has 0 radical (unpaired) electrons. The maximum Gasteiger partial charge on any atom is 0.246 e. The number of nitrogens with zero attached hydrogens (tertiary/aromatic N) is 7. The highest BCUT2D eigenvalue weighted by atomic mass is 16.5. The van der Waals surface area contributed by atoms with Crippen LogP contribution in [0, 0.1) is 41.4 Å². The summed E-state index contributed by atoms with van der Waals surface area (Å²) in [6.07, 6.45) is 2.80. The van der Waals surface area contributed by atoms with Gasteiger partial charge in [0.15, 0.2) is 0 Å². The van der Waals surface area contributed by atoms with E-state index in [1.165, 1.54) is 102 Å². The summed E-state index contributed by atoms with van der Waals surface area (Å²) in [6, 6.07) is -13.9. The summed E-state index contributed by atoms with van der Waals surface area (Å²) >= 11 is 0. The molecule has 0 bridgehead atoms. The van der Waals surface area contributed by atoms with Crippen LogP contribution >= 0.6 is 0 Å². The molecule has 1 fully saturated rings. The zero-order chi connectivity index (χ0) is 67.6. The van der Waals surface area contributed by atoms with Crippen molar-refractivity contribution >= 4 is 65.0 Å². The zero-order valence-corrected chi connectivity index (χ0v) is 57.3. The number of ether oxygens (including phenoxy) is 1. The number of amides is 11. The largest absolute Gasteiger partial charge is 0.390 e. The predicted octanol–water partition coefficient (Wildman–Crippen LogP) is 2.89. The molecule has 0 aromatic carbocycles. The number of aliphatic hydroxyl groups excluding tert-OH is 1. The number of methoxy groups -OCH3 is 1. The van der Waals surface area contributed by atoms with Gasteiger partial charge < -0.3 is 65.4 Å². The Labute approximate surface area is 520 Å². The highest BCUT2D eigenvalue weighted by molar-refractivity contribution is 6.00. The van der Waals surface area contributed by atoms with Gasteiger partial charge in [0.1, 0.15) is 66.5 Å². The molecule has 1 heterocycles. The summed E-state index contributed by atoms with van der Waals surface area (Å²) < 4.78 is 5.45. The van der Waals surface area contributed by atoms with Gasteiger partial charge in [-0.25, -0.2) is 0 Å². The molecule has 0 unspecified atom stereocenters. The highest BCUT2D eigenvalue weighted by Gasteiger charge is 2.46. The van der Waals surface area contributed by atoms with Crippen molar-refractivity contribution in [1.82, 2.24) is 55.6 Å². The van der Waals surface area contributed by atoms with Crippen LogP contribution in [0.4, 0.5) is 0 Å². The Hall–Kier alpha value is -6.17. The molecule has 14 atom stereocenters. The number of carbonyl (C=O) groups is 11. The average Bonchev–Trinajstić information content (AvgIpc) is 1.38. The minimum absolute atomic E-state index is 0.000697. The predicted molar refractivity (Wildman–Crippen MR) is 335 cm³/mol. The molecule has 0 saturated carbocycles. The fourth-order valence-electron chi connectivity index (χ4n) is 11.2. The summed E-state index contributed by atoms with van der Waals surface area (Å²) in [6.45, 7) is 29.2. The van der Waals surface area contributed by atoms with Crippen LogP contribution in [0.3, 0.4) is 0 Å². The molecule has 498 valence electrons. The van der Waals surface area contributed by atoms with Gasteiger partial charge in [-0.3, -0.25) is 52.7 Å². The van der Waals surface area contributed by atoms with Crippen molar-refractivity contribution in [3.05, 3.63) is 12.2 Å². The number of nitrogens with one attached hydrogen (secondary N) is 4. The summed E-state index contributed by atoms with van der Waals surface area (Å²) in [7, 11) is 11.3. The van der Waals surface area contributed by atoms with Crippen molar-refractivity contribution in [3.63, 3.8) is 0 Å². The molecule has 0 aromatic rings. The number of hydrogen-bond donors (Lipinski definition) is 5. The zero-order valence-electron chi connectivity index (χ0n) is 57.3. The topological polar surface area (TPSA) is 288 Å². The van der Waals surface area contributed by atoms with E-state index in [0.717, 1.165) is 9.80 Å². The van der Waals surface area contributed by atoms with E-state index >= 15 is 9.59 Å². The van der Waals surface area contributed by atoms with Crippen LogP contribution in [-0.4, -0.2) is 240 Å². The Kier molecular flexibility index (Phi) is 32.4. The quantitative estimate of drug-likeness (QED) is 0.139. The smallest absolute Gasteiger partial charge is 0.246 e. The van der Waals surface area contributed by atoms with E-state index in [4.69, 9.17) is 4.74 Å². The Morgan fingerprint density at radius 2 is 0.908 bits per heavy atom. The van der Waals surface area contributed by atoms with Gasteiger partial charge in [0.2, 0.25) is 65.0 Å². The van der Waals surface area contributed by atoms with Crippen molar-refractivity contribution in [2.45, 2.75) is 222 Å². The van der Waals surface area contributed by atoms with E-state index in [9.17, 15) is 48.3 Å². The van der Waals surface area contributed by atoms with Gasteiger partial charge in [-0.05, 0) is 95.3 Å². The first kappa shape index (κ1) is 78.8. The monoisotopic (exact) mass is 1230 g/mol. The Balaban J connectivity index is 4.40. The van der Waals surface area contributed by atoms with Gasteiger partial charge >= 0.3 is 0 Å².